The molecule has 2 saturated heterocycles. The normalized spacial score (nSPS) is 26.4. The van der Waals surface area contributed by atoms with Gasteiger partial charge in [-0.3, -0.25) is 4.79 Å². The van der Waals surface area contributed by atoms with E-state index >= 15 is 0 Å². The Morgan fingerprint density at radius 3 is 2.31 bits per heavy atom. The van der Waals surface area contributed by atoms with Crippen molar-refractivity contribution in [2.45, 2.75) is 67.2 Å². The van der Waals surface area contributed by atoms with E-state index in [4.69, 9.17) is 0 Å². The summed E-state index contributed by atoms with van der Waals surface area (Å²) in [5.41, 5.74) is 0.586. The summed E-state index contributed by atoms with van der Waals surface area (Å²) in [6.07, 6.45) is 6.83. The average Bonchev–Trinajstić information content (AvgIpc) is 3.25. The van der Waals surface area contributed by atoms with Crippen molar-refractivity contribution >= 4 is 28.2 Å². The Balaban J connectivity index is 0.00000196. The maximum atomic E-state index is 12.8. The molecular formula is C19H27ClN2O3S. The van der Waals surface area contributed by atoms with Crippen LogP contribution in [0, 0.1) is 0 Å². The third kappa shape index (κ3) is 3.78. The molecule has 3 fully saturated rings. The number of carbonyl (C=O) groups excluding carboxylic acids is 1. The monoisotopic (exact) mass is 398 g/mol. The van der Waals surface area contributed by atoms with Crippen molar-refractivity contribution in [2.75, 3.05) is 13.1 Å². The van der Waals surface area contributed by atoms with E-state index in [0.29, 0.717) is 22.5 Å². The van der Waals surface area contributed by atoms with E-state index in [0.717, 1.165) is 51.6 Å². The Kier molecular flexibility index (Phi) is 5.94. The number of likely N-dealkylation sites (tertiary alicyclic amines) is 1. The molecule has 2 aliphatic heterocycles. The van der Waals surface area contributed by atoms with Crippen molar-refractivity contribution in [3.05, 3.63) is 29.8 Å². The van der Waals surface area contributed by atoms with Gasteiger partial charge in [-0.05, 0) is 56.4 Å². The molecule has 1 amide bonds. The molecule has 5 nitrogen and oxygen atoms in total. The van der Waals surface area contributed by atoms with E-state index in [1.807, 2.05) is 4.90 Å². The Morgan fingerprint density at radius 1 is 0.962 bits per heavy atom. The van der Waals surface area contributed by atoms with Crippen molar-refractivity contribution < 1.29 is 13.2 Å². The predicted molar refractivity (Wildman–Crippen MR) is 104 cm³/mol. The zero-order valence-corrected chi connectivity index (χ0v) is 16.5. The van der Waals surface area contributed by atoms with Crippen molar-refractivity contribution in [1.29, 1.82) is 0 Å². The SMILES string of the molecule is Cl.O=C(c1ccc(S(=O)(=O)C2CCCC2)cc1)N1CCC2CCC(C1)N2. The standard InChI is InChI=1S/C19H26N2O3S.ClH/c22-19(21-12-11-15-7-8-16(13-21)20-15)14-5-9-18(10-6-14)25(23,24)17-3-1-2-4-17;/h5-6,9-10,15-17,20H,1-4,7-8,11-13H2;1H. The number of amides is 1. The summed E-state index contributed by atoms with van der Waals surface area (Å²) in [7, 11) is -3.25. The molecule has 0 spiro atoms. The molecule has 2 heterocycles. The molecule has 4 rings (SSSR count). The summed E-state index contributed by atoms with van der Waals surface area (Å²) in [4.78, 5) is 15.1. The molecule has 2 bridgehead atoms. The van der Waals surface area contributed by atoms with E-state index < -0.39 is 9.84 Å². The molecule has 0 aromatic heterocycles. The summed E-state index contributed by atoms with van der Waals surface area (Å²) >= 11 is 0. The van der Waals surface area contributed by atoms with Crippen LogP contribution < -0.4 is 5.32 Å². The Morgan fingerprint density at radius 2 is 1.62 bits per heavy atom. The molecule has 1 aromatic carbocycles. The molecular weight excluding hydrogens is 372 g/mol. The van der Waals surface area contributed by atoms with Gasteiger partial charge in [-0.2, -0.15) is 0 Å². The van der Waals surface area contributed by atoms with Crippen LogP contribution in [0.15, 0.2) is 29.2 Å². The molecule has 1 saturated carbocycles. The highest BCUT2D eigenvalue weighted by molar-refractivity contribution is 7.92. The summed E-state index contributed by atoms with van der Waals surface area (Å²) in [5, 5.41) is 3.33. The number of nitrogens with zero attached hydrogens (tertiary/aromatic N) is 1. The van der Waals surface area contributed by atoms with Crippen LogP contribution in [0.1, 0.15) is 55.3 Å². The van der Waals surface area contributed by atoms with Gasteiger partial charge in [0.1, 0.15) is 0 Å². The number of hydrogen-bond acceptors (Lipinski definition) is 4. The second-order valence-electron chi connectivity index (χ2n) is 7.65. The number of sulfone groups is 1. The van der Waals surface area contributed by atoms with Crippen molar-refractivity contribution in [1.82, 2.24) is 10.2 Å². The first-order chi connectivity index (χ1) is 12.0. The molecule has 1 N–H and O–H groups in total. The first kappa shape index (κ1) is 19.6. The topological polar surface area (TPSA) is 66.5 Å². The Labute approximate surface area is 161 Å². The Hall–Kier alpha value is -1.11. The number of benzene rings is 1. The van der Waals surface area contributed by atoms with Crippen LogP contribution in [0.4, 0.5) is 0 Å². The number of halogens is 1. The summed E-state index contributed by atoms with van der Waals surface area (Å²) in [6.45, 7) is 1.52. The second-order valence-corrected chi connectivity index (χ2v) is 9.88. The first-order valence-corrected chi connectivity index (χ1v) is 11.0. The van der Waals surface area contributed by atoms with Crippen molar-refractivity contribution in [2.24, 2.45) is 0 Å². The molecule has 0 radical (unpaired) electrons. The largest absolute Gasteiger partial charge is 0.337 e. The van der Waals surface area contributed by atoms with Crippen LogP contribution in [0.3, 0.4) is 0 Å². The number of hydrogen-bond donors (Lipinski definition) is 1. The minimum atomic E-state index is -3.25. The van der Waals surface area contributed by atoms with Gasteiger partial charge in [0.05, 0.1) is 10.1 Å². The lowest BCUT2D eigenvalue weighted by Gasteiger charge is -2.24. The fourth-order valence-electron chi connectivity index (χ4n) is 4.49. The maximum absolute atomic E-state index is 12.8. The van der Waals surface area contributed by atoms with Gasteiger partial charge in [0, 0.05) is 30.7 Å². The van der Waals surface area contributed by atoms with Crippen LogP contribution in [0.5, 0.6) is 0 Å². The van der Waals surface area contributed by atoms with Gasteiger partial charge < -0.3 is 10.2 Å². The fraction of sp³-hybridized carbons (Fsp3) is 0.632. The summed E-state index contributed by atoms with van der Waals surface area (Å²) < 4.78 is 25.3. The number of rotatable bonds is 3. The van der Waals surface area contributed by atoms with Crippen LogP contribution >= 0.6 is 12.4 Å². The lowest BCUT2D eigenvalue weighted by atomic mass is 10.1. The van der Waals surface area contributed by atoms with Crippen molar-refractivity contribution in [3.8, 4) is 0 Å². The molecule has 3 aliphatic rings. The lowest BCUT2D eigenvalue weighted by Crippen LogP contribution is -2.39. The van der Waals surface area contributed by atoms with Gasteiger partial charge in [0.25, 0.3) is 5.91 Å². The molecule has 1 aliphatic carbocycles. The number of carbonyl (C=O) groups is 1. The highest BCUT2D eigenvalue weighted by atomic mass is 35.5. The maximum Gasteiger partial charge on any atom is 0.253 e. The van der Waals surface area contributed by atoms with Crippen LogP contribution in [-0.2, 0) is 9.84 Å². The van der Waals surface area contributed by atoms with Crippen LogP contribution in [0.25, 0.3) is 0 Å². The Bertz CT molecular complexity index is 745. The zero-order chi connectivity index (χ0) is 17.4. The molecule has 2 unspecified atom stereocenters. The zero-order valence-electron chi connectivity index (χ0n) is 14.9. The third-order valence-electron chi connectivity index (χ3n) is 5.98. The van der Waals surface area contributed by atoms with E-state index in [-0.39, 0.29) is 23.6 Å². The smallest absolute Gasteiger partial charge is 0.253 e. The minimum absolute atomic E-state index is 0. The molecule has 144 valence electrons. The minimum Gasteiger partial charge on any atom is -0.337 e. The number of nitrogens with one attached hydrogen (secondary N) is 1. The van der Waals surface area contributed by atoms with E-state index in [1.165, 1.54) is 6.42 Å². The van der Waals surface area contributed by atoms with E-state index in [9.17, 15) is 13.2 Å². The summed E-state index contributed by atoms with van der Waals surface area (Å²) in [5.74, 6) is 0.0131. The molecule has 2 atom stereocenters. The highest BCUT2D eigenvalue weighted by Crippen LogP contribution is 2.30. The molecule has 1 aromatic rings. The van der Waals surface area contributed by atoms with E-state index in [1.54, 1.807) is 24.3 Å². The highest BCUT2D eigenvalue weighted by Gasteiger charge is 2.32. The van der Waals surface area contributed by atoms with E-state index in [2.05, 4.69) is 5.32 Å². The predicted octanol–water partition coefficient (Wildman–Crippen LogP) is 2.79. The molecule has 7 heteroatoms. The van der Waals surface area contributed by atoms with Gasteiger partial charge >= 0.3 is 0 Å². The molecule has 26 heavy (non-hydrogen) atoms. The van der Waals surface area contributed by atoms with Gasteiger partial charge in [-0.15, -0.1) is 12.4 Å². The lowest BCUT2D eigenvalue weighted by molar-refractivity contribution is 0.0748. The van der Waals surface area contributed by atoms with Gasteiger partial charge in [-0.25, -0.2) is 8.42 Å². The van der Waals surface area contributed by atoms with Gasteiger partial charge in [0.2, 0.25) is 0 Å². The summed E-state index contributed by atoms with van der Waals surface area (Å²) in [6, 6.07) is 7.54. The third-order valence-corrected chi connectivity index (χ3v) is 8.26. The quantitative estimate of drug-likeness (QED) is 0.850. The van der Waals surface area contributed by atoms with Crippen LogP contribution in [-0.4, -0.2) is 49.6 Å². The van der Waals surface area contributed by atoms with Crippen LogP contribution in [0.2, 0.25) is 0 Å². The second kappa shape index (κ2) is 7.87. The first-order valence-electron chi connectivity index (χ1n) is 9.43. The van der Waals surface area contributed by atoms with Crippen molar-refractivity contribution in [3.63, 3.8) is 0 Å². The van der Waals surface area contributed by atoms with Gasteiger partial charge in [0.15, 0.2) is 9.84 Å². The average molecular weight is 399 g/mol. The fourth-order valence-corrected chi connectivity index (χ4v) is 6.34. The van der Waals surface area contributed by atoms with Gasteiger partial charge in [-0.1, -0.05) is 12.8 Å². The number of fused-ring (bicyclic) bond motifs is 2.